The maximum atomic E-state index is 12.8. The summed E-state index contributed by atoms with van der Waals surface area (Å²) < 4.78 is 38.4. The third-order valence-corrected chi connectivity index (χ3v) is 4.11. The van der Waals surface area contributed by atoms with Gasteiger partial charge in [0.1, 0.15) is 0 Å². The molecule has 1 aromatic rings. The van der Waals surface area contributed by atoms with E-state index in [9.17, 15) is 13.2 Å². The van der Waals surface area contributed by atoms with Crippen LogP contribution in [0.2, 0.25) is 0 Å². The van der Waals surface area contributed by atoms with Crippen molar-refractivity contribution in [2.45, 2.75) is 44.9 Å². The lowest BCUT2D eigenvalue weighted by Gasteiger charge is -2.40. The summed E-state index contributed by atoms with van der Waals surface area (Å²) >= 11 is 0. The Labute approximate surface area is 118 Å². The van der Waals surface area contributed by atoms with Gasteiger partial charge in [-0.1, -0.05) is 19.1 Å². The van der Waals surface area contributed by atoms with Crippen molar-refractivity contribution in [2.24, 2.45) is 5.73 Å². The monoisotopic (exact) mass is 288 g/mol. The lowest BCUT2D eigenvalue weighted by atomic mass is 9.94. The summed E-state index contributed by atoms with van der Waals surface area (Å²) in [5.41, 5.74) is 5.64. The van der Waals surface area contributed by atoms with Crippen LogP contribution in [0.5, 0.6) is 0 Å². The molecule has 20 heavy (non-hydrogen) atoms. The summed E-state index contributed by atoms with van der Waals surface area (Å²) in [7, 11) is 1.90. The highest BCUT2D eigenvalue weighted by Crippen LogP contribution is 2.33. The van der Waals surface area contributed by atoms with Crippen LogP contribution in [0, 0.1) is 0 Å². The summed E-state index contributed by atoms with van der Waals surface area (Å²) in [5, 5.41) is 0. The quantitative estimate of drug-likeness (QED) is 0.892. The number of benzene rings is 1. The van der Waals surface area contributed by atoms with Gasteiger partial charge < -0.3 is 5.73 Å². The number of alkyl halides is 3. The number of hydrogen-bond donors (Lipinski definition) is 1. The molecule has 2 N–H and O–H groups in total. The summed E-state index contributed by atoms with van der Waals surface area (Å²) in [4.78, 5) is 2.04. The van der Waals surface area contributed by atoms with E-state index in [2.05, 4.69) is 20.8 Å². The number of nitrogens with zero attached hydrogens (tertiary/aromatic N) is 1. The molecule has 114 valence electrons. The van der Waals surface area contributed by atoms with Crippen LogP contribution < -0.4 is 5.73 Å². The van der Waals surface area contributed by atoms with Gasteiger partial charge in [-0.3, -0.25) is 4.90 Å². The minimum absolute atomic E-state index is 0.127. The minimum Gasteiger partial charge on any atom is -0.329 e. The normalized spacial score (nSPS) is 14.7. The van der Waals surface area contributed by atoms with E-state index in [1.807, 2.05) is 11.9 Å². The number of rotatable bonds is 5. The highest BCUT2D eigenvalue weighted by atomic mass is 19.4. The molecule has 5 heteroatoms. The van der Waals surface area contributed by atoms with Crippen molar-refractivity contribution in [3.8, 4) is 0 Å². The Morgan fingerprint density at radius 1 is 1.25 bits per heavy atom. The highest BCUT2D eigenvalue weighted by molar-refractivity contribution is 5.28. The first kappa shape index (κ1) is 17.0. The van der Waals surface area contributed by atoms with Gasteiger partial charge in [-0.05, 0) is 45.0 Å². The van der Waals surface area contributed by atoms with Crippen LogP contribution >= 0.6 is 0 Å². The van der Waals surface area contributed by atoms with E-state index >= 15 is 0 Å². The Balaban J connectivity index is 3.14. The van der Waals surface area contributed by atoms with Crippen LogP contribution in [0.1, 0.15) is 44.4 Å². The number of likely N-dealkylation sites (N-methyl/N-ethyl adjacent to an activating group) is 1. The molecule has 0 radical (unpaired) electrons. The Hall–Kier alpha value is -1.07. The molecule has 0 heterocycles. The predicted octanol–water partition coefficient (Wildman–Crippen LogP) is 3.83. The van der Waals surface area contributed by atoms with Gasteiger partial charge in [0.25, 0.3) is 0 Å². The van der Waals surface area contributed by atoms with Crippen LogP contribution in [-0.2, 0) is 6.18 Å². The second-order valence-corrected chi connectivity index (χ2v) is 5.65. The first-order chi connectivity index (χ1) is 9.13. The molecule has 0 fully saturated rings. The van der Waals surface area contributed by atoms with Gasteiger partial charge in [0.05, 0.1) is 5.56 Å². The van der Waals surface area contributed by atoms with Crippen molar-refractivity contribution in [3.63, 3.8) is 0 Å². The van der Waals surface area contributed by atoms with Gasteiger partial charge >= 0.3 is 6.18 Å². The molecule has 0 aliphatic rings. The van der Waals surface area contributed by atoms with E-state index in [-0.39, 0.29) is 18.1 Å². The highest BCUT2D eigenvalue weighted by Gasteiger charge is 2.33. The largest absolute Gasteiger partial charge is 0.416 e. The maximum absolute atomic E-state index is 12.8. The van der Waals surface area contributed by atoms with E-state index < -0.39 is 11.7 Å². The van der Waals surface area contributed by atoms with Gasteiger partial charge in [0, 0.05) is 18.1 Å². The first-order valence-electron chi connectivity index (χ1n) is 6.73. The second kappa shape index (κ2) is 6.14. The predicted molar refractivity (Wildman–Crippen MR) is 75.4 cm³/mol. The lowest BCUT2D eigenvalue weighted by Crippen LogP contribution is -2.45. The summed E-state index contributed by atoms with van der Waals surface area (Å²) in [6.07, 6.45) is -3.44. The summed E-state index contributed by atoms with van der Waals surface area (Å²) in [6.45, 7) is 6.45. The zero-order valence-electron chi connectivity index (χ0n) is 12.5. The van der Waals surface area contributed by atoms with Crippen LogP contribution in [0.15, 0.2) is 24.3 Å². The molecule has 2 nitrogen and oxygen atoms in total. The lowest BCUT2D eigenvalue weighted by molar-refractivity contribution is -0.137. The minimum atomic E-state index is -4.33. The van der Waals surface area contributed by atoms with Crippen LogP contribution in [0.25, 0.3) is 0 Å². The molecule has 0 bridgehead atoms. The SMILES string of the molecule is CCC(C)(C)N(C)C(CN)c1cccc(C(F)(F)F)c1. The Bertz CT molecular complexity index is 441. The van der Waals surface area contributed by atoms with E-state index in [1.54, 1.807) is 6.07 Å². The van der Waals surface area contributed by atoms with Crippen LogP contribution in [0.3, 0.4) is 0 Å². The molecular weight excluding hydrogens is 265 g/mol. The van der Waals surface area contributed by atoms with Crippen molar-refractivity contribution < 1.29 is 13.2 Å². The van der Waals surface area contributed by atoms with Crippen molar-refractivity contribution in [1.82, 2.24) is 4.90 Å². The molecule has 0 spiro atoms. The van der Waals surface area contributed by atoms with Crippen LogP contribution in [0.4, 0.5) is 13.2 Å². The second-order valence-electron chi connectivity index (χ2n) is 5.65. The van der Waals surface area contributed by atoms with E-state index in [0.29, 0.717) is 5.56 Å². The fraction of sp³-hybridized carbons (Fsp3) is 0.600. The van der Waals surface area contributed by atoms with Gasteiger partial charge in [-0.2, -0.15) is 13.2 Å². The molecule has 0 amide bonds. The Kier molecular flexibility index (Phi) is 5.21. The molecule has 1 atom stereocenters. The molecule has 1 rings (SSSR count). The van der Waals surface area contributed by atoms with Crippen LogP contribution in [-0.4, -0.2) is 24.0 Å². The Morgan fingerprint density at radius 2 is 1.85 bits per heavy atom. The molecule has 0 aliphatic carbocycles. The van der Waals surface area contributed by atoms with Crippen molar-refractivity contribution >= 4 is 0 Å². The fourth-order valence-electron chi connectivity index (χ4n) is 2.11. The topological polar surface area (TPSA) is 29.3 Å². The van der Waals surface area contributed by atoms with Gasteiger partial charge in [-0.15, -0.1) is 0 Å². The summed E-state index contributed by atoms with van der Waals surface area (Å²) in [6, 6.07) is 5.19. The molecule has 1 aromatic carbocycles. The van der Waals surface area contributed by atoms with Crippen molar-refractivity contribution in [3.05, 3.63) is 35.4 Å². The van der Waals surface area contributed by atoms with E-state index in [4.69, 9.17) is 5.73 Å². The van der Waals surface area contributed by atoms with Crippen molar-refractivity contribution in [1.29, 1.82) is 0 Å². The zero-order valence-corrected chi connectivity index (χ0v) is 12.5. The van der Waals surface area contributed by atoms with E-state index in [0.717, 1.165) is 12.5 Å². The Morgan fingerprint density at radius 3 is 2.30 bits per heavy atom. The summed E-state index contributed by atoms with van der Waals surface area (Å²) in [5.74, 6) is 0. The smallest absolute Gasteiger partial charge is 0.329 e. The molecular formula is C15H23F3N2. The van der Waals surface area contributed by atoms with Crippen molar-refractivity contribution in [2.75, 3.05) is 13.6 Å². The average Bonchev–Trinajstić information content (AvgIpc) is 2.39. The molecule has 0 aromatic heterocycles. The van der Waals surface area contributed by atoms with Gasteiger partial charge in [0.15, 0.2) is 0 Å². The first-order valence-corrected chi connectivity index (χ1v) is 6.73. The van der Waals surface area contributed by atoms with Gasteiger partial charge in [-0.25, -0.2) is 0 Å². The molecule has 0 saturated heterocycles. The van der Waals surface area contributed by atoms with Gasteiger partial charge in [0.2, 0.25) is 0 Å². The standard InChI is InChI=1S/C15H23F3N2/c1-5-14(2,3)20(4)13(10-19)11-7-6-8-12(9-11)15(16,17)18/h6-9,13H,5,10,19H2,1-4H3. The number of hydrogen-bond acceptors (Lipinski definition) is 2. The maximum Gasteiger partial charge on any atom is 0.416 e. The molecule has 0 aliphatic heterocycles. The molecule has 1 unspecified atom stereocenters. The average molecular weight is 288 g/mol. The number of halogens is 3. The molecule has 0 saturated carbocycles. The van der Waals surface area contributed by atoms with E-state index in [1.165, 1.54) is 12.1 Å². The zero-order chi connectivity index (χ0) is 15.6. The third kappa shape index (κ3) is 3.73. The fourth-order valence-corrected chi connectivity index (χ4v) is 2.11. The number of nitrogens with two attached hydrogens (primary N) is 1. The third-order valence-electron chi connectivity index (χ3n) is 4.11.